The van der Waals surface area contributed by atoms with Gasteiger partial charge in [0.2, 0.25) is 5.88 Å². The second-order valence-electron chi connectivity index (χ2n) is 10.1. The zero-order chi connectivity index (χ0) is 25.8. The fourth-order valence-electron chi connectivity index (χ4n) is 6.30. The molecule has 190 valence electrons. The van der Waals surface area contributed by atoms with Crippen molar-refractivity contribution in [3.8, 4) is 17.4 Å². The van der Waals surface area contributed by atoms with E-state index in [4.69, 9.17) is 19.4 Å². The van der Waals surface area contributed by atoms with Crippen LogP contribution in [0, 0.1) is 5.92 Å². The average Bonchev–Trinajstić information content (AvgIpc) is 3.19. The van der Waals surface area contributed by atoms with Gasteiger partial charge in [0.1, 0.15) is 6.10 Å². The van der Waals surface area contributed by atoms with Crippen molar-refractivity contribution in [3.63, 3.8) is 0 Å². The van der Waals surface area contributed by atoms with Crippen molar-refractivity contribution < 1.29 is 29.3 Å². The summed E-state index contributed by atoms with van der Waals surface area (Å²) in [7, 11) is 5.63. The number of phenolic OH excluding ortho intramolecular Hbond substituents is 1. The minimum Gasteiger partial charge on any atom is -0.504 e. The smallest absolute Gasteiger partial charge is 0.300 e. The maximum atomic E-state index is 12.2. The number of amides is 1. The van der Waals surface area contributed by atoms with Gasteiger partial charge in [-0.15, -0.1) is 0 Å². The average molecular weight is 494 g/mol. The highest BCUT2D eigenvalue weighted by atomic mass is 16.6. The summed E-state index contributed by atoms with van der Waals surface area (Å²) in [6, 6.07) is 7.68. The van der Waals surface area contributed by atoms with Crippen molar-refractivity contribution in [1.82, 2.24) is 14.8 Å². The molecular weight excluding hydrogens is 462 g/mol. The first-order valence-corrected chi connectivity index (χ1v) is 12.1. The number of nitrogens with zero attached hydrogens (tertiary/aromatic N) is 3. The number of hydrogen-bond acceptors (Lipinski definition) is 7. The van der Waals surface area contributed by atoms with Crippen molar-refractivity contribution in [2.45, 2.75) is 43.4 Å². The number of ether oxygens (including phenoxy) is 2. The molecule has 2 N–H and O–H groups in total. The van der Waals surface area contributed by atoms with Crippen LogP contribution in [0.5, 0.6) is 17.4 Å². The summed E-state index contributed by atoms with van der Waals surface area (Å²) >= 11 is 0. The number of likely N-dealkylation sites (tertiary alicyclic amines) is 1. The van der Waals surface area contributed by atoms with Crippen LogP contribution in [0.1, 0.15) is 34.8 Å². The predicted octanol–water partition coefficient (Wildman–Crippen LogP) is 2.47. The Morgan fingerprint density at radius 2 is 1.97 bits per heavy atom. The van der Waals surface area contributed by atoms with E-state index in [1.807, 2.05) is 0 Å². The Kier molecular flexibility index (Phi) is 5.90. The SMILES string of the molecule is CC(=O)O.CN(C)C(=O)c1ccc(O[C@H]2C=C[C@H]3[C@H]4Cc5ccc(O)c6c5[C@@]3(CCN4C)[C@H]2O6)nc1. The summed E-state index contributed by atoms with van der Waals surface area (Å²) in [6.07, 6.45) is 7.26. The van der Waals surface area contributed by atoms with Crippen molar-refractivity contribution in [2.24, 2.45) is 5.92 Å². The minimum atomic E-state index is -0.833. The second-order valence-corrected chi connectivity index (χ2v) is 10.1. The molecule has 6 rings (SSSR count). The van der Waals surface area contributed by atoms with Crippen LogP contribution in [-0.4, -0.2) is 82.8 Å². The van der Waals surface area contributed by atoms with E-state index >= 15 is 0 Å². The Morgan fingerprint density at radius 1 is 1.22 bits per heavy atom. The van der Waals surface area contributed by atoms with Gasteiger partial charge in [-0.1, -0.05) is 12.1 Å². The number of aromatic hydroxyl groups is 1. The molecule has 2 bridgehead atoms. The van der Waals surface area contributed by atoms with E-state index in [0.29, 0.717) is 29.2 Å². The van der Waals surface area contributed by atoms with Gasteiger partial charge in [-0.25, -0.2) is 4.98 Å². The van der Waals surface area contributed by atoms with E-state index in [1.165, 1.54) is 16.0 Å². The number of carboxylic acid groups (broad SMARTS) is 1. The fourth-order valence-corrected chi connectivity index (χ4v) is 6.30. The number of likely N-dealkylation sites (N-methyl/N-ethyl adjacent to an activating group) is 1. The Morgan fingerprint density at radius 3 is 2.64 bits per heavy atom. The standard InChI is InChI=1S/C25H27N3O4.C2H4O2/c1-27(2)24(30)15-5-9-20(26-13-15)31-19-8-6-16-17-12-14-4-7-18(29)22-21(14)25(16,23(19)32-22)10-11-28(17)3;1-2(3)4/h4-9,13,16-17,19,23,29H,10-12H2,1-3H3;1H3,(H,3,4)/t16-,17+,19-,23-,25-;/m0./s1. The number of pyridine rings is 1. The molecule has 2 aliphatic carbocycles. The molecule has 4 aliphatic rings. The van der Waals surface area contributed by atoms with Crippen LogP contribution in [0.25, 0.3) is 0 Å². The molecule has 3 heterocycles. The maximum absolute atomic E-state index is 12.2. The predicted molar refractivity (Wildman–Crippen MR) is 132 cm³/mol. The summed E-state index contributed by atoms with van der Waals surface area (Å²) in [5.74, 6) is 0.661. The highest BCUT2D eigenvalue weighted by molar-refractivity contribution is 5.93. The zero-order valence-electron chi connectivity index (χ0n) is 20.8. The second kappa shape index (κ2) is 8.81. The van der Waals surface area contributed by atoms with E-state index < -0.39 is 5.97 Å². The number of benzene rings is 1. The van der Waals surface area contributed by atoms with E-state index in [2.05, 4.69) is 35.1 Å². The molecule has 1 aromatic carbocycles. The lowest BCUT2D eigenvalue weighted by atomic mass is 9.53. The van der Waals surface area contributed by atoms with Crippen molar-refractivity contribution >= 4 is 11.9 Å². The molecule has 0 unspecified atom stereocenters. The highest BCUT2D eigenvalue weighted by Gasteiger charge is 2.64. The highest BCUT2D eigenvalue weighted by Crippen LogP contribution is 2.62. The number of hydrogen-bond donors (Lipinski definition) is 2. The van der Waals surface area contributed by atoms with Crippen molar-refractivity contribution in [2.75, 3.05) is 27.7 Å². The summed E-state index contributed by atoms with van der Waals surface area (Å²) in [4.78, 5) is 29.5. The van der Waals surface area contributed by atoms with Crippen LogP contribution in [0.3, 0.4) is 0 Å². The van der Waals surface area contributed by atoms with Gasteiger partial charge < -0.3 is 29.5 Å². The number of aliphatic carboxylic acids is 1. The molecule has 1 saturated heterocycles. The monoisotopic (exact) mass is 493 g/mol. The fraction of sp³-hybridized carbons (Fsp3) is 0.444. The molecule has 0 radical (unpaired) electrons. The number of phenols is 1. The molecule has 36 heavy (non-hydrogen) atoms. The summed E-state index contributed by atoms with van der Waals surface area (Å²) in [5.41, 5.74) is 2.75. The summed E-state index contributed by atoms with van der Waals surface area (Å²) < 4.78 is 12.8. The number of carboxylic acids is 1. The minimum absolute atomic E-state index is 0.0968. The topological polar surface area (TPSA) is 112 Å². The molecule has 9 heteroatoms. The van der Waals surface area contributed by atoms with Crippen molar-refractivity contribution in [1.29, 1.82) is 0 Å². The van der Waals surface area contributed by atoms with Gasteiger partial charge in [0.25, 0.3) is 11.9 Å². The van der Waals surface area contributed by atoms with Crippen molar-refractivity contribution in [3.05, 3.63) is 59.3 Å². The molecular formula is C27H31N3O6. The molecule has 1 spiro atoms. The van der Waals surface area contributed by atoms with Crippen LogP contribution in [0.2, 0.25) is 0 Å². The number of piperidine rings is 1. The zero-order valence-corrected chi connectivity index (χ0v) is 20.8. The van der Waals surface area contributed by atoms with Gasteiger partial charge in [-0.2, -0.15) is 0 Å². The third-order valence-corrected chi connectivity index (χ3v) is 7.78. The van der Waals surface area contributed by atoms with Gasteiger partial charge in [-0.05, 0) is 50.2 Å². The van der Waals surface area contributed by atoms with E-state index in [-0.39, 0.29) is 29.3 Å². The van der Waals surface area contributed by atoms with Gasteiger partial charge in [0.15, 0.2) is 17.6 Å². The maximum Gasteiger partial charge on any atom is 0.300 e. The molecule has 1 amide bonds. The van der Waals surface area contributed by atoms with E-state index in [0.717, 1.165) is 26.3 Å². The van der Waals surface area contributed by atoms with E-state index in [1.54, 1.807) is 38.5 Å². The lowest BCUT2D eigenvalue weighted by Crippen LogP contribution is -2.65. The van der Waals surface area contributed by atoms with Crippen LogP contribution in [0.15, 0.2) is 42.6 Å². The number of aromatic nitrogens is 1. The Bertz CT molecular complexity index is 1220. The molecule has 1 aromatic heterocycles. The Balaban J connectivity index is 0.000000623. The van der Waals surface area contributed by atoms with Crippen LogP contribution >= 0.6 is 0 Å². The molecule has 5 atom stereocenters. The quantitative estimate of drug-likeness (QED) is 0.628. The molecule has 9 nitrogen and oxygen atoms in total. The first-order chi connectivity index (χ1) is 17.1. The molecule has 1 fully saturated rings. The Hall–Kier alpha value is -3.59. The summed E-state index contributed by atoms with van der Waals surface area (Å²) in [6.45, 7) is 2.07. The van der Waals surface area contributed by atoms with Crippen LogP contribution in [-0.2, 0) is 16.6 Å². The number of rotatable bonds is 3. The normalized spacial score (nSPS) is 28.8. The van der Waals surface area contributed by atoms with Crippen LogP contribution in [0.4, 0.5) is 0 Å². The number of carbonyl (C=O) groups is 2. The third kappa shape index (κ3) is 3.69. The van der Waals surface area contributed by atoms with Crippen LogP contribution < -0.4 is 9.47 Å². The molecule has 2 aliphatic heterocycles. The summed E-state index contributed by atoms with van der Waals surface area (Å²) in [5, 5.41) is 18.0. The first kappa shape index (κ1) is 24.1. The van der Waals surface area contributed by atoms with Gasteiger partial charge >= 0.3 is 0 Å². The van der Waals surface area contributed by atoms with Gasteiger partial charge in [-0.3, -0.25) is 9.59 Å². The third-order valence-electron chi connectivity index (χ3n) is 7.78. The molecule has 2 aromatic rings. The van der Waals surface area contributed by atoms with Gasteiger partial charge in [0, 0.05) is 56.2 Å². The molecule has 0 saturated carbocycles. The Labute approximate surface area is 209 Å². The number of carbonyl (C=O) groups excluding carboxylic acids is 1. The first-order valence-electron chi connectivity index (χ1n) is 12.1. The van der Waals surface area contributed by atoms with E-state index in [9.17, 15) is 9.90 Å². The largest absolute Gasteiger partial charge is 0.504 e. The lowest BCUT2D eigenvalue weighted by molar-refractivity contribution is -0.134. The van der Waals surface area contributed by atoms with Gasteiger partial charge in [0.05, 0.1) is 5.56 Å². The lowest BCUT2D eigenvalue weighted by Gasteiger charge is -2.56.